The second-order valence-corrected chi connectivity index (χ2v) is 15.5. The molecule has 2 N–H and O–H groups in total. The number of sulfone groups is 1. The molecule has 0 bridgehead atoms. The van der Waals surface area contributed by atoms with Crippen molar-refractivity contribution < 1.29 is 71.2 Å². The second-order valence-electron chi connectivity index (χ2n) is 10.3. The molecule has 295 valence electrons. The van der Waals surface area contributed by atoms with Gasteiger partial charge in [-0.15, -0.1) is 5.11 Å². The van der Waals surface area contributed by atoms with E-state index in [9.17, 15) is 49.4 Å². The number of halogens is 1. The molecule has 1 unspecified atom stereocenters. The molecule has 4 rings (SSSR count). The van der Waals surface area contributed by atoms with E-state index >= 15 is 0 Å². The van der Waals surface area contributed by atoms with Crippen LogP contribution in [0.25, 0.3) is 10.6 Å². The number of hydrogen-bond acceptors (Lipinski definition) is 18. The maximum atomic E-state index is 12.2. The van der Waals surface area contributed by atoms with Crippen molar-refractivity contribution >= 4 is 76.6 Å². The number of aromatic nitrogens is 3. The number of rotatable bonds is 18. The van der Waals surface area contributed by atoms with E-state index < -0.39 is 91.6 Å². The summed E-state index contributed by atoms with van der Waals surface area (Å²) < 4.78 is 96.9. The molecular formula is C29H24ClCuN9O12S3-2. The Bertz CT molecular complexity index is 2440. The van der Waals surface area contributed by atoms with Gasteiger partial charge in [0.2, 0.25) is 6.17 Å². The number of benzene rings is 3. The van der Waals surface area contributed by atoms with E-state index in [0.29, 0.717) is 6.07 Å². The summed E-state index contributed by atoms with van der Waals surface area (Å²) in [6.45, 7) is 2.97. The molecular weight excluding hydrogens is 862 g/mol. The number of carboxylic acids is 1. The van der Waals surface area contributed by atoms with Crippen LogP contribution in [-0.4, -0.2) is 85.9 Å². The molecule has 0 spiro atoms. The van der Waals surface area contributed by atoms with Gasteiger partial charge >= 0.3 is 17.1 Å². The molecule has 55 heavy (non-hydrogen) atoms. The molecule has 4 aromatic rings. The average molecular weight is 886 g/mol. The molecule has 1 heterocycles. The van der Waals surface area contributed by atoms with Gasteiger partial charge in [0.25, 0.3) is 10.1 Å². The van der Waals surface area contributed by atoms with Crippen LogP contribution in [-0.2, 0) is 51.9 Å². The zero-order chi connectivity index (χ0) is 39.7. The largest absolute Gasteiger partial charge is 2.00 e. The Morgan fingerprint density at radius 3 is 2.18 bits per heavy atom. The molecule has 3 aromatic carbocycles. The van der Waals surface area contributed by atoms with Crippen LogP contribution in [0.5, 0.6) is 5.75 Å². The number of carboxylic acid groups (broad SMARTS) is 1. The molecule has 1 aromatic heterocycles. The molecule has 0 aliphatic carbocycles. The first-order valence-electron chi connectivity index (χ1n) is 14.6. The fourth-order valence-electron chi connectivity index (χ4n) is 3.96. The predicted molar refractivity (Wildman–Crippen MR) is 185 cm³/mol. The number of carbonyl (C=O) groups is 1. The quantitative estimate of drug-likeness (QED) is 0.0611. The molecule has 0 aliphatic rings. The Hall–Kier alpha value is -4.98. The first kappa shape index (κ1) is 44.4. The Morgan fingerprint density at radius 2 is 1.56 bits per heavy atom. The first-order valence-corrected chi connectivity index (χ1v) is 19.6. The molecule has 0 saturated heterocycles. The summed E-state index contributed by atoms with van der Waals surface area (Å²) in [7, 11) is -13.5. The topological polar surface area (TPSA) is 332 Å². The van der Waals surface area contributed by atoms with Gasteiger partial charge in [-0.3, -0.25) is 4.55 Å². The molecule has 1 atom stereocenters. The van der Waals surface area contributed by atoms with Gasteiger partial charge in [0.15, 0.2) is 15.6 Å². The summed E-state index contributed by atoms with van der Waals surface area (Å²) in [6, 6.07) is 11.4. The van der Waals surface area contributed by atoms with E-state index in [-0.39, 0.29) is 54.1 Å². The van der Waals surface area contributed by atoms with Crippen LogP contribution < -0.4 is 5.11 Å². The van der Waals surface area contributed by atoms with Gasteiger partial charge in [-0.25, -0.2) is 16.8 Å². The maximum absolute atomic E-state index is 12.2. The SMILES string of the molecule is C=CS(=O)(=O)CCOCC[N-]c1nc(Cl)nc([N-]c2cc(S(=O)(=O)O)cc(N=NC(N=Nc3cc(S(=O)(=O)[O-])ccc3C(=O)[O-])c3ccccc3)c2O)n1.[Cu+2]. The van der Waals surface area contributed by atoms with E-state index in [4.69, 9.17) is 16.3 Å². The number of ether oxygens (including phenoxy) is 1. The van der Waals surface area contributed by atoms with Crippen LogP contribution in [0, 0.1) is 0 Å². The zero-order valence-corrected chi connectivity index (χ0v) is 31.5. The van der Waals surface area contributed by atoms with Crippen molar-refractivity contribution in [1.29, 1.82) is 0 Å². The first-order chi connectivity index (χ1) is 25.4. The normalized spacial score (nSPS) is 12.6. The monoisotopic (exact) mass is 884 g/mol. The van der Waals surface area contributed by atoms with Crippen LogP contribution in [0.3, 0.4) is 0 Å². The summed E-state index contributed by atoms with van der Waals surface area (Å²) in [5.74, 6) is -3.64. The summed E-state index contributed by atoms with van der Waals surface area (Å²) in [5, 5.41) is 46.6. The number of hydrogen-bond donors (Lipinski definition) is 2. The number of phenolic OH excluding ortho intramolecular Hbond substituents is 1. The Morgan fingerprint density at radius 1 is 0.927 bits per heavy atom. The minimum absolute atomic E-state index is 0. The van der Waals surface area contributed by atoms with E-state index in [0.717, 1.165) is 29.7 Å². The third kappa shape index (κ3) is 13.1. The second kappa shape index (κ2) is 19.1. The molecule has 1 radical (unpaired) electrons. The minimum atomic E-state index is -5.03. The van der Waals surface area contributed by atoms with Gasteiger partial charge in [0.05, 0.1) is 45.7 Å². The smallest absolute Gasteiger partial charge is 0.744 e. The van der Waals surface area contributed by atoms with Gasteiger partial charge in [-0.1, -0.05) is 48.5 Å². The number of azo groups is 2. The maximum Gasteiger partial charge on any atom is 2.00 e. The standard InChI is InChI=1S/C29H27ClN9O12S3.Cu/c1-2-52(43,44)13-12-51-11-10-31-28-33-27(30)34-29(35-28)32-22-15-19(54(48,49)50)16-23(24(22)40)37-39-25(17-6-4-3-5-7-17)38-36-21-14-18(53(45,46)47)8-9-20(21)26(41)42;/h2-9,14-16,25H,1,10-13H2,(H5-,31,32,33,34,35,36,37,38,39,40,41,42,45,46,47,48,49,50);/q-1;+2/p-3. The molecule has 26 heteroatoms. The molecule has 0 aliphatic heterocycles. The Kier molecular flexibility index (Phi) is 15.4. The number of nitrogens with zero attached hydrogens (tertiary/aromatic N) is 9. The Labute approximate surface area is 328 Å². The van der Waals surface area contributed by atoms with Gasteiger partial charge in [0, 0.05) is 40.7 Å². The average Bonchev–Trinajstić information content (AvgIpc) is 3.10. The van der Waals surface area contributed by atoms with Crippen LogP contribution >= 0.6 is 11.6 Å². The fourth-order valence-corrected chi connectivity index (χ4v) is 5.64. The van der Waals surface area contributed by atoms with Crippen molar-refractivity contribution in [2.75, 3.05) is 25.5 Å². The van der Waals surface area contributed by atoms with Crippen LogP contribution in [0.2, 0.25) is 5.28 Å². The summed E-state index contributed by atoms with van der Waals surface area (Å²) in [4.78, 5) is 21.6. The zero-order valence-electron chi connectivity index (χ0n) is 27.4. The predicted octanol–water partition coefficient (Wildman–Crippen LogP) is 4.23. The molecule has 0 fully saturated rings. The summed E-state index contributed by atoms with van der Waals surface area (Å²) >= 11 is 5.97. The minimum Gasteiger partial charge on any atom is -0.744 e. The number of phenols is 1. The summed E-state index contributed by atoms with van der Waals surface area (Å²) in [5.41, 5.74) is -2.12. The van der Waals surface area contributed by atoms with Gasteiger partial charge < -0.3 is 49.9 Å². The van der Waals surface area contributed by atoms with Crippen molar-refractivity contribution in [3.05, 3.63) is 99.7 Å². The van der Waals surface area contributed by atoms with E-state index in [1.807, 2.05) is 0 Å². The van der Waals surface area contributed by atoms with Gasteiger partial charge in [0.1, 0.15) is 15.8 Å². The van der Waals surface area contributed by atoms with Gasteiger partial charge in [-0.2, -0.15) is 23.8 Å². The van der Waals surface area contributed by atoms with Crippen LogP contribution in [0.15, 0.2) is 103 Å². The van der Waals surface area contributed by atoms with E-state index in [1.54, 1.807) is 18.2 Å². The van der Waals surface area contributed by atoms with Crippen molar-refractivity contribution in [3.8, 4) is 5.75 Å². The number of aromatic hydroxyl groups is 1. The fraction of sp³-hybridized carbons (Fsp3) is 0.172. The van der Waals surface area contributed by atoms with Crippen molar-refractivity contribution in [2.24, 2.45) is 20.5 Å². The third-order valence-corrected chi connectivity index (χ3v) is 9.60. The van der Waals surface area contributed by atoms with Gasteiger partial charge in [-0.05, 0) is 30.3 Å². The van der Waals surface area contributed by atoms with Crippen molar-refractivity contribution in [2.45, 2.75) is 16.0 Å². The third-order valence-electron chi connectivity index (χ3n) is 6.53. The van der Waals surface area contributed by atoms with Crippen LogP contribution in [0.4, 0.5) is 29.0 Å². The van der Waals surface area contributed by atoms with Crippen molar-refractivity contribution in [1.82, 2.24) is 15.0 Å². The van der Waals surface area contributed by atoms with Crippen molar-refractivity contribution in [3.63, 3.8) is 0 Å². The number of carbonyl (C=O) groups excluding carboxylic acids is 1. The van der Waals surface area contributed by atoms with Crippen LogP contribution in [0.1, 0.15) is 22.1 Å². The summed E-state index contributed by atoms with van der Waals surface area (Å²) in [6.07, 6.45) is -1.47. The van der Waals surface area contributed by atoms with E-state index in [2.05, 4.69) is 52.6 Å². The molecule has 0 amide bonds. The number of aromatic carboxylic acids is 1. The molecule has 0 saturated carbocycles. The molecule has 21 nitrogen and oxygen atoms in total. The van der Waals surface area contributed by atoms with E-state index in [1.165, 1.54) is 12.1 Å². The Balaban J connectivity index is 0.00000812.